The molecule has 4 aliphatic heterocycles. The lowest BCUT2D eigenvalue weighted by Gasteiger charge is -2.20. The molecule has 0 atom stereocenters. The van der Waals surface area contributed by atoms with E-state index in [1.165, 1.54) is 16.8 Å². The summed E-state index contributed by atoms with van der Waals surface area (Å²) >= 11 is 1.18. The highest BCUT2D eigenvalue weighted by Crippen LogP contribution is 2.34. The zero-order valence-electron chi connectivity index (χ0n) is 20.9. The van der Waals surface area contributed by atoms with Crippen LogP contribution in [-0.2, 0) is 16.1 Å². The van der Waals surface area contributed by atoms with Crippen molar-refractivity contribution < 1.29 is 19.1 Å². The second-order valence-corrected chi connectivity index (χ2v) is 10.7. The number of hydrogen-bond acceptors (Lipinski definition) is 7. The monoisotopic (exact) mass is 540 g/mol. The Balaban J connectivity index is 1.17. The second-order valence-electron chi connectivity index (χ2n) is 9.70. The summed E-state index contributed by atoms with van der Waals surface area (Å²) in [6, 6.07) is 13.8. The maximum Gasteiger partial charge on any atom is 0.283 e. The maximum atomic E-state index is 13.0. The lowest BCUT2D eigenvalue weighted by atomic mass is 10.1. The molecule has 39 heavy (non-hydrogen) atoms. The van der Waals surface area contributed by atoms with Crippen LogP contribution in [0.4, 0.5) is 0 Å². The standard InChI is InChI=1S/C28H24N6O4S/c29-26-20(27(36)30-28-34(26)31-24(39-28)13-25(35)32-9-3-4-10-32)12-18-15-33(21-6-2-1-5-19(18)21)14-17-7-8-22-23(11-17)38-16-37-22/h1-2,5-8,11-12,15,29H,3-4,9-10,13-14,16H2/b20-12+,29-26?. The predicted octanol–water partition coefficient (Wildman–Crippen LogP) is 4.05. The number of aliphatic imine (C=N–C) groups is 1. The highest BCUT2D eigenvalue weighted by Gasteiger charge is 2.36. The molecule has 0 saturated carbocycles. The number of hydrazone groups is 1. The molecule has 3 aromatic rings. The third-order valence-electron chi connectivity index (χ3n) is 7.17. The van der Waals surface area contributed by atoms with Gasteiger partial charge >= 0.3 is 0 Å². The fourth-order valence-electron chi connectivity index (χ4n) is 5.22. The van der Waals surface area contributed by atoms with Gasteiger partial charge in [0, 0.05) is 42.3 Å². The van der Waals surface area contributed by atoms with Gasteiger partial charge in [0.15, 0.2) is 17.3 Å². The van der Waals surface area contributed by atoms with Gasteiger partial charge in [0.25, 0.3) is 5.91 Å². The van der Waals surface area contributed by atoms with Crippen LogP contribution in [0.1, 0.15) is 30.4 Å². The van der Waals surface area contributed by atoms with E-state index in [-0.39, 0.29) is 30.5 Å². The summed E-state index contributed by atoms with van der Waals surface area (Å²) in [4.78, 5) is 31.7. The van der Waals surface area contributed by atoms with Gasteiger partial charge in [-0.05, 0) is 54.4 Å². The van der Waals surface area contributed by atoms with Gasteiger partial charge in [-0.1, -0.05) is 24.3 Å². The summed E-state index contributed by atoms with van der Waals surface area (Å²) in [6.07, 6.45) is 5.87. The van der Waals surface area contributed by atoms with Gasteiger partial charge in [0.1, 0.15) is 5.04 Å². The van der Waals surface area contributed by atoms with Gasteiger partial charge in [-0.2, -0.15) is 15.1 Å². The summed E-state index contributed by atoms with van der Waals surface area (Å²) < 4.78 is 13.1. The van der Waals surface area contributed by atoms with E-state index in [0.29, 0.717) is 16.8 Å². The lowest BCUT2D eigenvalue weighted by Crippen LogP contribution is -2.35. The molecule has 1 fully saturated rings. The topological polar surface area (TPSA) is 113 Å². The smallest absolute Gasteiger partial charge is 0.283 e. The first-order chi connectivity index (χ1) is 19.0. The number of aromatic nitrogens is 1. The number of amidine groups is 2. The van der Waals surface area contributed by atoms with Crippen LogP contribution in [0.2, 0.25) is 0 Å². The van der Waals surface area contributed by atoms with Crippen molar-refractivity contribution in [2.24, 2.45) is 10.1 Å². The first-order valence-electron chi connectivity index (χ1n) is 12.8. The van der Waals surface area contributed by atoms with E-state index < -0.39 is 5.91 Å². The van der Waals surface area contributed by atoms with Crippen molar-refractivity contribution in [3.05, 3.63) is 65.4 Å². The number of nitrogens with zero attached hydrogens (tertiary/aromatic N) is 5. The average Bonchev–Trinajstić information content (AvgIpc) is 3.73. The zero-order valence-corrected chi connectivity index (χ0v) is 21.7. The number of amides is 2. The van der Waals surface area contributed by atoms with E-state index in [2.05, 4.69) is 14.7 Å². The summed E-state index contributed by atoms with van der Waals surface area (Å²) in [5.41, 5.74) is 3.01. The van der Waals surface area contributed by atoms with Crippen LogP contribution in [0, 0.1) is 5.41 Å². The van der Waals surface area contributed by atoms with Crippen LogP contribution in [0.3, 0.4) is 0 Å². The van der Waals surface area contributed by atoms with Gasteiger partial charge in [-0.15, -0.1) is 0 Å². The summed E-state index contributed by atoms with van der Waals surface area (Å²) in [5.74, 6) is 0.944. The average molecular weight is 541 g/mol. The highest BCUT2D eigenvalue weighted by atomic mass is 32.2. The van der Waals surface area contributed by atoms with E-state index >= 15 is 0 Å². The van der Waals surface area contributed by atoms with E-state index in [1.54, 1.807) is 6.08 Å². The van der Waals surface area contributed by atoms with Crippen LogP contribution < -0.4 is 9.47 Å². The lowest BCUT2D eigenvalue weighted by molar-refractivity contribution is -0.128. The van der Waals surface area contributed by atoms with Gasteiger partial charge < -0.3 is 18.9 Å². The number of hydrogen-bond donors (Lipinski definition) is 1. The van der Waals surface area contributed by atoms with Crippen LogP contribution in [0.5, 0.6) is 11.5 Å². The molecule has 2 amide bonds. The highest BCUT2D eigenvalue weighted by molar-refractivity contribution is 8.27. The number of benzene rings is 2. The first kappa shape index (κ1) is 23.7. The molecule has 10 nitrogen and oxygen atoms in total. The summed E-state index contributed by atoms with van der Waals surface area (Å²) in [7, 11) is 0. The molecule has 0 spiro atoms. The van der Waals surface area contributed by atoms with Crippen LogP contribution in [0.25, 0.3) is 17.0 Å². The number of likely N-dealkylation sites (tertiary alicyclic amines) is 1. The number of para-hydroxylation sites is 1. The Morgan fingerprint density at radius 2 is 1.92 bits per heavy atom. The fraction of sp³-hybridized carbons (Fsp3) is 0.250. The van der Waals surface area contributed by atoms with Crippen molar-refractivity contribution in [2.75, 3.05) is 19.9 Å². The zero-order chi connectivity index (χ0) is 26.5. The predicted molar refractivity (Wildman–Crippen MR) is 149 cm³/mol. The van der Waals surface area contributed by atoms with E-state index in [9.17, 15) is 9.59 Å². The number of carbonyl (C=O) groups excluding carboxylic acids is 2. The molecule has 0 aliphatic carbocycles. The third-order valence-corrected chi connectivity index (χ3v) is 8.08. The normalized spacial score (nSPS) is 19.2. The molecule has 0 bridgehead atoms. The van der Waals surface area contributed by atoms with Gasteiger partial charge in [0.05, 0.1) is 12.0 Å². The molecule has 7 rings (SSSR count). The fourth-order valence-corrected chi connectivity index (χ4v) is 6.10. The second kappa shape index (κ2) is 9.42. The molecule has 5 heterocycles. The Bertz CT molecular complexity index is 1650. The van der Waals surface area contributed by atoms with Crippen molar-refractivity contribution in [1.29, 1.82) is 5.41 Å². The summed E-state index contributed by atoms with van der Waals surface area (Å²) in [5, 5.41) is 16.4. The van der Waals surface area contributed by atoms with E-state index in [1.807, 2.05) is 53.6 Å². The molecular formula is C28H24N6O4S. The molecule has 0 radical (unpaired) electrons. The number of thioether (sulfide) groups is 1. The minimum absolute atomic E-state index is 0.0167. The molecule has 1 saturated heterocycles. The Hall–Kier alpha value is -4.38. The molecule has 196 valence electrons. The molecular weight excluding hydrogens is 516 g/mol. The van der Waals surface area contributed by atoms with Crippen LogP contribution in [0.15, 0.2) is 64.3 Å². The Kier molecular flexibility index (Phi) is 5.73. The third kappa shape index (κ3) is 4.28. The molecule has 2 aromatic carbocycles. The van der Waals surface area contributed by atoms with E-state index in [4.69, 9.17) is 14.9 Å². The summed E-state index contributed by atoms with van der Waals surface area (Å²) in [6.45, 7) is 2.36. The first-order valence-corrected chi connectivity index (χ1v) is 13.6. The quantitative estimate of drug-likeness (QED) is 0.489. The maximum absolute atomic E-state index is 13.0. The van der Waals surface area contributed by atoms with Crippen LogP contribution in [-0.4, -0.2) is 62.2 Å². The minimum atomic E-state index is -0.492. The van der Waals surface area contributed by atoms with Crippen molar-refractivity contribution in [3.8, 4) is 11.5 Å². The molecule has 0 unspecified atom stereocenters. The molecule has 1 N–H and O–H groups in total. The Labute approximate surface area is 228 Å². The molecule has 1 aromatic heterocycles. The number of fused-ring (bicyclic) bond motifs is 3. The van der Waals surface area contributed by atoms with Crippen molar-refractivity contribution in [2.45, 2.75) is 25.8 Å². The minimum Gasteiger partial charge on any atom is -0.454 e. The van der Waals surface area contributed by atoms with Gasteiger partial charge in [-0.25, -0.2) is 0 Å². The SMILES string of the molecule is N=C1/C(=C\c2cn(Cc3ccc4c(c3)OCO4)c3ccccc23)C(=O)N=C2SC(CC(=O)N3CCCC3)=NN12. The van der Waals surface area contributed by atoms with Crippen LogP contribution >= 0.6 is 11.8 Å². The van der Waals surface area contributed by atoms with Crippen molar-refractivity contribution >= 4 is 56.6 Å². The van der Waals surface area contributed by atoms with E-state index in [0.717, 1.165) is 59.5 Å². The number of rotatable bonds is 5. The number of ether oxygens (including phenoxy) is 2. The van der Waals surface area contributed by atoms with Crippen molar-refractivity contribution in [1.82, 2.24) is 14.5 Å². The Morgan fingerprint density at radius 3 is 2.79 bits per heavy atom. The molecule has 11 heteroatoms. The largest absolute Gasteiger partial charge is 0.454 e. The number of nitrogens with one attached hydrogen (secondary N) is 1. The Morgan fingerprint density at radius 1 is 1.10 bits per heavy atom. The number of carbonyl (C=O) groups is 2. The molecule has 4 aliphatic rings. The van der Waals surface area contributed by atoms with Crippen molar-refractivity contribution in [3.63, 3.8) is 0 Å². The van der Waals surface area contributed by atoms with Gasteiger partial charge in [-0.3, -0.25) is 15.0 Å². The van der Waals surface area contributed by atoms with Gasteiger partial charge in [0.2, 0.25) is 17.9 Å².